The number of carbonyl (C=O) groups excluding carboxylic acids is 2. The maximum Gasteiger partial charge on any atom is 0.338 e. The summed E-state index contributed by atoms with van der Waals surface area (Å²) >= 11 is 8.00. The number of esters is 1. The third-order valence-corrected chi connectivity index (χ3v) is 6.71. The molecular formula is C25H25ClN4O4S. The van der Waals surface area contributed by atoms with Crippen LogP contribution in [0.4, 0.5) is 0 Å². The van der Waals surface area contributed by atoms with E-state index in [0.717, 1.165) is 11.3 Å². The Balaban J connectivity index is 1.60. The Morgan fingerprint density at radius 3 is 2.71 bits per heavy atom. The van der Waals surface area contributed by atoms with Gasteiger partial charge in [-0.3, -0.25) is 9.78 Å². The highest BCUT2D eigenvalue weighted by Crippen LogP contribution is 2.46. The smallest absolute Gasteiger partial charge is 0.338 e. The molecule has 3 heterocycles. The number of ether oxygens (including phenoxy) is 2. The number of fused-ring (bicyclic) bond motifs is 1. The van der Waals surface area contributed by atoms with E-state index in [4.69, 9.17) is 21.1 Å². The molecule has 1 aromatic carbocycles. The third-order valence-electron chi connectivity index (χ3n) is 5.48. The van der Waals surface area contributed by atoms with E-state index in [1.807, 2.05) is 46.7 Å². The summed E-state index contributed by atoms with van der Waals surface area (Å²) in [4.78, 5) is 36.8. The van der Waals surface area contributed by atoms with Crippen molar-refractivity contribution in [3.8, 4) is 0 Å². The summed E-state index contributed by atoms with van der Waals surface area (Å²) in [6, 6.07) is 12.3. The van der Waals surface area contributed by atoms with Crippen molar-refractivity contribution >= 4 is 40.4 Å². The number of amides is 1. The quantitative estimate of drug-likeness (QED) is 0.397. The predicted octanol–water partition coefficient (Wildman–Crippen LogP) is 4.21. The molecule has 182 valence electrons. The van der Waals surface area contributed by atoms with E-state index in [1.165, 1.54) is 11.8 Å². The van der Waals surface area contributed by atoms with E-state index >= 15 is 0 Å². The molecule has 1 aromatic heterocycles. The summed E-state index contributed by atoms with van der Waals surface area (Å²) < 4.78 is 10.5. The number of aliphatic imine (C=N–C) groups is 1. The van der Waals surface area contributed by atoms with Crippen molar-refractivity contribution in [2.24, 2.45) is 4.99 Å². The lowest BCUT2D eigenvalue weighted by Gasteiger charge is -2.36. The number of allylic oxidation sites excluding steroid dienone is 1. The Labute approximate surface area is 213 Å². The number of rotatable bonds is 9. The highest BCUT2D eigenvalue weighted by molar-refractivity contribution is 8.16. The Morgan fingerprint density at radius 2 is 1.97 bits per heavy atom. The Bertz CT molecular complexity index is 1200. The molecule has 10 heteroatoms. The van der Waals surface area contributed by atoms with Crippen LogP contribution in [-0.4, -0.2) is 47.3 Å². The lowest BCUT2D eigenvalue weighted by atomic mass is 9.93. The molecular weight excluding hydrogens is 488 g/mol. The van der Waals surface area contributed by atoms with E-state index in [2.05, 4.69) is 15.3 Å². The lowest BCUT2D eigenvalue weighted by molar-refractivity contribution is -0.141. The first-order valence-corrected chi connectivity index (χ1v) is 12.3. The second-order valence-corrected chi connectivity index (χ2v) is 9.06. The highest BCUT2D eigenvalue weighted by Gasteiger charge is 2.41. The van der Waals surface area contributed by atoms with Crippen molar-refractivity contribution in [1.82, 2.24) is 15.2 Å². The fourth-order valence-corrected chi connectivity index (χ4v) is 5.04. The van der Waals surface area contributed by atoms with Crippen molar-refractivity contribution < 1.29 is 19.1 Å². The van der Waals surface area contributed by atoms with Gasteiger partial charge in [0.25, 0.3) is 0 Å². The van der Waals surface area contributed by atoms with Crippen molar-refractivity contribution in [3.05, 3.63) is 87.3 Å². The van der Waals surface area contributed by atoms with Crippen LogP contribution in [0.1, 0.15) is 30.6 Å². The van der Waals surface area contributed by atoms with Crippen molar-refractivity contribution in [1.29, 1.82) is 0 Å². The molecule has 4 rings (SSSR count). The Morgan fingerprint density at radius 1 is 1.17 bits per heavy atom. The number of nitrogens with one attached hydrogen (secondary N) is 1. The van der Waals surface area contributed by atoms with Gasteiger partial charge in [0.05, 0.1) is 42.6 Å². The summed E-state index contributed by atoms with van der Waals surface area (Å²) in [5.41, 5.74) is 3.13. The molecule has 8 nitrogen and oxygen atoms in total. The number of halogens is 1. The van der Waals surface area contributed by atoms with Gasteiger partial charge >= 0.3 is 5.97 Å². The van der Waals surface area contributed by atoms with Crippen LogP contribution in [-0.2, 0) is 25.6 Å². The van der Waals surface area contributed by atoms with Gasteiger partial charge in [-0.15, -0.1) is 0 Å². The summed E-state index contributed by atoms with van der Waals surface area (Å²) in [5, 5.41) is 5.97. The molecule has 1 atom stereocenters. The van der Waals surface area contributed by atoms with Gasteiger partial charge in [-0.25, -0.2) is 9.79 Å². The van der Waals surface area contributed by atoms with Crippen LogP contribution >= 0.6 is 23.4 Å². The minimum Gasteiger partial charge on any atom is -0.460 e. The molecule has 1 N–H and O–H groups in total. The van der Waals surface area contributed by atoms with Gasteiger partial charge < -0.3 is 19.7 Å². The number of carbonyl (C=O) groups is 2. The van der Waals surface area contributed by atoms with Crippen molar-refractivity contribution in [2.45, 2.75) is 25.9 Å². The number of nitrogens with zero attached hydrogens (tertiary/aromatic N) is 3. The molecule has 2 aromatic rings. The van der Waals surface area contributed by atoms with E-state index in [1.54, 1.807) is 26.3 Å². The van der Waals surface area contributed by atoms with Gasteiger partial charge in [-0.2, -0.15) is 0 Å². The van der Waals surface area contributed by atoms with Crippen LogP contribution in [0.5, 0.6) is 0 Å². The van der Waals surface area contributed by atoms with Gasteiger partial charge in [0.2, 0.25) is 5.91 Å². The normalized spacial score (nSPS) is 17.0. The Hall–Kier alpha value is -3.14. The van der Waals surface area contributed by atoms with Gasteiger partial charge in [-0.1, -0.05) is 47.6 Å². The average Bonchev–Trinajstić information content (AvgIpc) is 3.25. The number of thioether (sulfide) groups is 1. The van der Waals surface area contributed by atoms with Crippen LogP contribution in [0.3, 0.4) is 0 Å². The molecule has 0 saturated heterocycles. The van der Waals surface area contributed by atoms with Crippen LogP contribution < -0.4 is 5.32 Å². The minimum atomic E-state index is -0.587. The molecule has 2 aliphatic rings. The second-order valence-electron chi connectivity index (χ2n) is 7.82. The fourth-order valence-electron chi connectivity index (χ4n) is 3.84. The van der Waals surface area contributed by atoms with Gasteiger partial charge in [0, 0.05) is 24.0 Å². The first-order chi connectivity index (χ1) is 17.0. The Kier molecular flexibility index (Phi) is 8.22. The number of hydrogen-bond acceptors (Lipinski definition) is 8. The number of pyridine rings is 1. The van der Waals surface area contributed by atoms with Gasteiger partial charge in [0.1, 0.15) is 6.61 Å². The van der Waals surface area contributed by atoms with E-state index in [0.29, 0.717) is 33.7 Å². The molecule has 0 spiro atoms. The first-order valence-electron chi connectivity index (χ1n) is 11.0. The zero-order valence-corrected chi connectivity index (χ0v) is 20.9. The summed E-state index contributed by atoms with van der Waals surface area (Å²) in [6.07, 6.45) is 1.79. The molecule has 0 aliphatic carbocycles. The molecule has 0 fully saturated rings. The standard InChI is InChI=1S/C25H25ClN4O4S/c1-16-22(24(32)34-12-11-33-2)23(19-8-3-4-9-20(19)26)30-18(15-35-25(30)29-16)13-21(31)28-14-17-7-5-6-10-27-17/h3-10,15,23H,11-14H2,1-2H3,(H,28,31). The zero-order chi connectivity index (χ0) is 24.8. The minimum absolute atomic E-state index is 0.102. The fraction of sp³-hybridized carbons (Fsp3) is 0.280. The summed E-state index contributed by atoms with van der Waals surface area (Å²) in [5.74, 6) is -0.666. The maximum atomic E-state index is 13.2. The molecule has 35 heavy (non-hydrogen) atoms. The summed E-state index contributed by atoms with van der Waals surface area (Å²) in [7, 11) is 1.54. The number of benzene rings is 1. The molecule has 1 amide bonds. The van der Waals surface area contributed by atoms with Gasteiger partial charge in [0.15, 0.2) is 5.17 Å². The number of methoxy groups -OCH3 is 1. The van der Waals surface area contributed by atoms with Crippen molar-refractivity contribution in [3.63, 3.8) is 0 Å². The van der Waals surface area contributed by atoms with Gasteiger partial charge in [-0.05, 0) is 36.1 Å². The van der Waals surface area contributed by atoms with E-state index < -0.39 is 12.0 Å². The second kappa shape index (κ2) is 11.5. The SMILES string of the molecule is COCCOC(=O)C1=C(C)N=C2SC=C(CC(=O)NCc3ccccn3)N2C1c1ccccc1Cl. The number of amidine groups is 1. The van der Waals surface area contributed by atoms with Crippen LogP contribution in [0.25, 0.3) is 0 Å². The maximum absolute atomic E-state index is 13.2. The van der Waals surface area contributed by atoms with E-state index in [-0.39, 0.29) is 25.5 Å². The van der Waals surface area contributed by atoms with Crippen LogP contribution in [0, 0.1) is 0 Å². The van der Waals surface area contributed by atoms with Crippen LogP contribution in [0.15, 0.2) is 76.0 Å². The highest BCUT2D eigenvalue weighted by atomic mass is 35.5. The molecule has 0 bridgehead atoms. The predicted molar refractivity (Wildman–Crippen MR) is 135 cm³/mol. The molecule has 0 saturated carbocycles. The van der Waals surface area contributed by atoms with Crippen molar-refractivity contribution in [2.75, 3.05) is 20.3 Å². The van der Waals surface area contributed by atoms with Crippen LogP contribution in [0.2, 0.25) is 5.02 Å². The molecule has 0 radical (unpaired) electrons. The topological polar surface area (TPSA) is 93.1 Å². The zero-order valence-electron chi connectivity index (χ0n) is 19.4. The number of hydrogen-bond donors (Lipinski definition) is 1. The third kappa shape index (κ3) is 5.75. The monoisotopic (exact) mass is 512 g/mol. The number of aromatic nitrogens is 1. The van der Waals surface area contributed by atoms with E-state index in [9.17, 15) is 9.59 Å². The largest absolute Gasteiger partial charge is 0.460 e. The first kappa shape index (κ1) is 25.0. The summed E-state index contributed by atoms with van der Waals surface area (Å²) in [6.45, 7) is 2.50. The molecule has 1 unspecified atom stereocenters. The molecule has 2 aliphatic heterocycles. The lowest BCUT2D eigenvalue weighted by Crippen LogP contribution is -2.38. The average molecular weight is 513 g/mol.